The number of amides is 2. The number of carbonyl (C=O) groups excluding carboxylic acids is 2. The molecule has 1 aromatic heterocycles. The van der Waals surface area contributed by atoms with Crippen molar-refractivity contribution < 1.29 is 9.59 Å². The highest BCUT2D eigenvalue weighted by atomic mass is 32.1. The number of hydrogen-bond donors (Lipinski definition) is 1. The van der Waals surface area contributed by atoms with Crippen molar-refractivity contribution in [3.05, 3.63) is 16.1 Å². The van der Waals surface area contributed by atoms with E-state index in [-0.39, 0.29) is 11.8 Å². The van der Waals surface area contributed by atoms with Gasteiger partial charge in [-0.2, -0.15) is 0 Å². The molecular weight excluding hydrogens is 250 g/mol. The average molecular weight is 267 g/mol. The molecule has 2 atom stereocenters. The lowest BCUT2D eigenvalue weighted by molar-refractivity contribution is -0.149. The van der Waals surface area contributed by atoms with E-state index in [2.05, 4.69) is 10.3 Å². The molecule has 0 aromatic carbocycles. The van der Waals surface area contributed by atoms with E-state index < -0.39 is 12.1 Å². The topological polar surface area (TPSA) is 62.3 Å². The summed E-state index contributed by atoms with van der Waals surface area (Å²) >= 11 is 1.52. The van der Waals surface area contributed by atoms with Gasteiger partial charge in [0.1, 0.15) is 17.1 Å². The summed E-state index contributed by atoms with van der Waals surface area (Å²) in [6.45, 7) is 5.98. The van der Waals surface area contributed by atoms with Crippen LogP contribution in [0.4, 0.5) is 0 Å². The van der Waals surface area contributed by atoms with Crippen LogP contribution in [0.15, 0.2) is 5.38 Å². The molecule has 1 saturated heterocycles. The van der Waals surface area contributed by atoms with Gasteiger partial charge in [0.25, 0.3) is 0 Å². The first-order valence-electron chi connectivity index (χ1n) is 6.04. The minimum Gasteiger partial charge on any atom is -0.343 e. The molecule has 0 radical (unpaired) electrons. The maximum Gasteiger partial charge on any atom is 0.246 e. The maximum atomic E-state index is 12.2. The van der Waals surface area contributed by atoms with Crippen molar-refractivity contribution in [3.8, 4) is 0 Å². The lowest BCUT2D eigenvalue weighted by Gasteiger charge is -2.36. The number of thiazole rings is 1. The number of piperazine rings is 1. The summed E-state index contributed by atoms with van der Waals surface area (Å²) in [4.78, 5) is 30.0. The fourth-order valence-electron chi connectivity index (χ4n) is 2.00. The Labute approximate surface area is 110 Å². The van der Waals surface area contributed by atoms with Crippen LogP contribution in [0.25, 0.3) is 0 Å². The Balaban J connectivity index is 2.17. The predicted octanol–water partition coefficient (Wildman–Crippen LogP) is 1.08. The van der Waals surface area contributed by atoms with E-state index in [4.69, 9.17) is 0 Å². The van der Waals surface area contributed by atoms with Crippen molar-refractivity contribution in [1.82, 2.24) is 15.2 Å². The molecule has 18 heavy (non-hydrogen) atoms. The second kappa shape index (κ2) is 5.06. The molecular formula is C12H17N3O2S. The number of aromatic nitrogens is 1. The predicted molar refractivity (Wildman–Crippen MR) is 69.1 cm³/mol. The molecule has 2 unspecified atom stereocenters. The molecule has 0 saturated carbocycles. The smallest absolute Gasteiger partial charge is 0.246 e. The third-order valence-electron chi connectivity index (χ3n) is 3.13. The molecule has 1 fully saturated rings. The van der Waals surface area contributed by atoms with Gasteiger partial charge < -0.3 is 10.2 Å². The highest BCUT2D eigenvalue weighted by Gasteiger charge is 2.37. The summed E-state index contributed by atoms with van der Waals surface area (Å²) in [6, 6.07) is -0.820. The van der Waals surface area contributed by atoms with Gasteiger partial charge in [0.05, 0.1) is 6.54 Å². The van der Waals surface area contributed by atoms with E-state index in [1.54, 1.807) is 11.8 Å². The molecule has 5 nitrogen and oxygen atoms in total. The summed E-state index contributed by atoms with van der Waals surface area (Å²) < 4.78 is 0. The molecule has 1 aromatic rings. The fourth-order valence-corrected chi connectivity index (χ4v) is 2.77. The van der Waals surface area contributed by atoms with Crippen molar-refractivity contribution >= 4 is 23.2 Å². The Morgan fingerprint density at radius 3 is 2.78 bits per heavy atom. The molecule has 98 valence electrons. The van der Waals surface area contributed by atoms with Crippen LogP contribution < -0.4 is 5.32 Å². The number of nitrogens with one attached hydrogen (secondary N) is 1. The van der Waals surface area contributed by atoms with Gasteiger partial charge in [-0.3, -0.25) is 9.59 Å². The molecule has 0 spiro atoms. The number of carbonyl (C=O) groups is 2. The molecule has 2 amide bonds. The maximum absolute atomic E-state index is 12.2. The van der Waals surface area contributed by atoms with E-state index in [1.807, 2.05) is 19.2 Å². The summed E-state index contributed by atoms with van der Waals surface area (Å²) in [5.74, 6) is -0.104. The third-order valence-corrected chi connectivity index (χ3v) is 4.08. The Kier molecular flexibility index (Phi) is 3.65. The van der Waals surface area contributed by atoms with E-state index in [0.29, 0.717) is 13.0 Å². The summed E-state index contributed by atoms with van der Waals surface area (Å²) in [6.07, 6.45) is 0.616. The van der Waals surface area contributed by atoms with Crippen molar-refractivity contribution in [3.63, 3.8) is 0 Å². The van der Waals surface area contributed by atoms with Crippen LogP contribution in [0.5, 0.6) is 0 Å². The number of aryl methyl sites for hydroxylation is 1. The van der Waals surface area contributed by atoms with Crippen molar-refractivity contribution in [2.75, 3.05) is 0 Å². The van der Waals surface area contributed by atoms with Gasteiger partial charge in [-0.15, -0.1) is 11.3 Å². The highest BCUT2D eigenvalue weighted by molar-refractivity contribution is 7.09. The molecule has 1 N–H and O–H groups in total. The Morgan fingerprint density at radius 1 is 1.50 bits per heavy atom. The van der Waals surface area contributed by atoms with Crippen molar-refractivity contribution in [1.29, 1.82) is 0 Å². The molecule has 0 bridgehead atoms. The minimum atomic E-state index is -0.426. The fraction of sp³-hybridized carbons (Fsp3) is 0.583. The first kappa shape index (κ1) is 13.0. The van der Waals surface area contributed by atoms with Crippen LogP contribution in [-0.4, -0.2) is 33.8 Å². The van der Waals surface area contributed by atoms with Gasteiger partial charge in [0, 0.05) is 11.1 Å². The van der Waals surface area contributed by atoms with E-state index in [1.165, 1.54) is 11.3 Å². The van der Waals surface area contributed by atoms with Crippen LogP contribution in [0, 0.1) is 6.92 Å². The first-order valence-corrected chi connectivity index (χ1v) is 6.92. The second-order valence-electron chi connectivity index (χ2n) is 4.49. The summed E-state index contributed by atoms with van der Waals surface area (Å²) in [5.41, 5.74) is 0.948. The van der Waals surface area contributed by atoms with Gasteiger partial charge in [-0.25, -0.2) is 4.98 Å². The van der Waals surface area contributed by atoms with E-state index in [0.717, 1.165) is 10.7 Å². The summed E-state index contributed by atoms with van der Waals surface area (Å²) in [7, 11) is 0. The number of nitrogens with zero attached hydrogens (tertiary/aromatic N) is 2. The van der Waals surface area contributed by atoms with Crippen LogP contribution in [-0.2, 0) is 16.1 Å². The van der Waals surface area contributed by atoms with Crippen LogP contribution in [0.2, 0.25) is 0 Å². The number of hydrogen-bond acceptors (Lipinski definition) is 4. The second-order valence-corrected chi connectivity index (χ2v) is 5.44. The zero-order valence-corrected chi connectivity index (χ0v) is 11.6. The third kappa shape index (κ3) is 2.38. The van der Waals surface area contributed by atoms with E-state index in [9.17, 15) is 9.59 Å². The Bertz CT molecular complexity index is 472. The molecule has 1 aliphatic heterocycles. The lowest BCUT2D eigenvalue weighted by atomic mass is 10.1. The number of rotatable bonds is 3. The van der Waals surface area contributed by atoms with Gasteiger partial charge in [-0.05, 0) is 20.3 Å². The van der Waals surface area contributed by atoms with Crippen LogP contribution in [0.3, 0.4) is 0 Å². The molecule has 6 heteroatoms. The zero-order valence-electron chi connectivity index (χ0n) is 10.8. The molecule has 0 aliphatic carbocycles. The van der Waals surface area contributed by atoms with Gasteiger partial charge in [-0.1, -0.05) is 6.92 Å². The Morgan fingerprint density at radius 2 is 2.22 bits per heavy atom. The Hall–Kier alpha value is -1.43. The average Bonchev–Trinajstić information content (AvgIpc) is 2.75. The van der Waals surface area contributed by atoms with Crippen LogP contribution in [0.1, 0.15) is 31.0 Å². The highest BCUT2D eigenvalue weighted by Crippen LogP contribution is 2.18. The quantitative estimate of drug-likeness (QED) is 0.891. The molecule has 1 aliphatic rings. The first-order chi connectivity index (χ1) is 8.52. The lowest BCUT2D eigenvalue weighted by Crippen LogP contribution is -2.61. The zero-order chi connectivity index (χ0) is 13.3. The summed E-state index contributed by atoms with van der Waals surface area (Å²) in [5, 5.41) is 5.56. The van der Waals surface area contributed by atoms with Gasteiger partial charge in [0.2, 0.25) is 11.8 Å². The van der Waals surface area contributed by atoms with Crippen molar-refractivity contribution in [2.24, 2.45) is 0 Å². The SMILES string of the molecule is CCC1NC(=O)C(C)N(Cc2nc(C)cs2)C1=O. The van der Waals surface area contributed by atoms with Gasteiger partial charge in [0.15, 0.2) is 0 Å². The van der Waals surface area contributed by atoms with Gasteiger partial charge >= 0.3 is 0 Å². The van der Waals surface area contributed by atoms with Crippen molar-refractivity contribution in [2.45, 2.75) is 45.8 Å². The van der Waals surface area contributed by atoms with E-state index >= 15 is 0 Å². The largest absolute Gasteiger partial charge is 0.343 e. The molecule has 2 heterocycles. The normalized spacial score (nSPS) is 24.3. The minimum absolute atomic E-state index is 0.0162. The van der Waals surface area contributed by atoms with Crippen LogP contribution >= 0.6 is 11.3 Å². The standard InChI is InChI=1S/C12H17N3O2S/c1-4-9-12(17)15(8(3)11(16)14-9)5-10-13-7(2)6-18-10/h6,8-9H,4-5H2,1-3H3,(H,14,16). The monoisotopic (exact) mass is 267 g/mol. The molecule has 2 rings (SSSR count).